The number of piperidine rings is 1. The summed E-state index contributed by atoms with van der Waals surface area (Å²) in [6.45, 7) is 0.906. The van der Waals surface area contributed by atoms with E-state index in [1.54, 1.807) is 0 Å². The van der Waals surface area contributed by atoms with Crippen LogP contribution in [-0.4, -0.2) is 17.6 Å². The van der Waals surface area contributed by atoms with Gasteiger partial charge in [-0.1, -0.05) is 30.3 Å². The Bertz CT molecular complexity index is 337. The van der Waals surface area contributed by atoms with E-state index in [9.17, 15) is 4.79 Å². The Balaban J connectivity index is 2.22. The average Bonchev–Trinajstić information content (AvgIpc) is 2.30. The Hall–Kier alpha value is -1.35. The van der Waals surface area contributed by atoms with Crippen molar-refractivity contribution in [2.75, 3.05) is 6.54 Å². The van der Waals surface area contributed by atoms with E-state index in [1.165, 1.54) is 0 Å². The SMILES string of the molecule is O=C(O)[C@@H]1CCCN[C@@H]1c1ccccc1. The monoisotopic (exact) mass is 205 g/mol. The van der Waals surface area contributed by atoms with Gasteiger partial charge in [-0.05, 0) is 24.9 Å². The lowest BCUT2D eigenvalue weighted by atomic mass is 9.86. The molecule has 0 spiro atoms. The van der Waals surface area contributed by atoms with Gasteiger partial charge >= 0.3 is 5.97 Å². The molecule has 1 aliphatic rings. The molecule has 2 atom stereocenters. The zero-order chi connectivity index (χ0) is 10.7. The third kappa shape index (κ3) is 2.18. The number of benzene rings is 1. The molecule has 80 valence electrons. The summed E-state index contributed by atoms with van der Waals surface area (Å²) in [6, 6.07) is 9.78. The lowest BCUT2D eigenvalue weighted by Gasteiger charge is -2.30. The number of nitrogens with one attached hydrogen (secondary N) is 1. The molecule has 0 aromatic heterocycles. The maximum Gasteiger partial charge on any atom is 0.308 e. The van der Waals surface area contributed by atoms with Crippen LogP contribution in [-0.2, 0) is 4.79 Å². The zero-order valence-electron chi connectivity index (χ0n) is 8.52. The van der Waals surface area contributed by atoms with Crippen LogP contribution >= 0.6 is 0 Å². The van der Waals surface area contributed by atoms with Gasteiger partial charge in [-0.25, -0.2) is 0 Å². The Kier molecular flexibility index (Phi) is 3.02. The molecular weight excluding hydrogens is 190 g/mol. The fourth-order valence-electron chi connectivity index (χ4n) is 2.17. The molecule has 0 radical (unpaired) electrons. The van der Waals surface area contributed by atoms with Crippen molar-refractivity contribution < 1.29 is 9.90 Å². The number of carbonyl (C=O) groups is 1. The van der Waals surface area contributed by atoms with Gasteiger partial charge in [0.15, 0.2) is 0 Å². The van der Waals surface area contributed by atoms with E-state index in [0.29, 0.717) is 0 Å². The predicted octanol–water partition coefficient (Wildman–Crippen LogP) is 1.81. The average molecular weight is 205 g/mol. The van der Waals surface area contributed by atoms with Crippen LogP contribution in [0.5, 0.6) is 0 Å². The third-order valence-corrected chi connectivity index (χ3v) is 2.93. The number of aliphatic carboxylic acids is 1. The summed E-state index contributed by atoms with van der Waals surface area (Å²) in [6.07, 6.45) is 1.71. The summed E-state index contributed by atoms with van der Waals surface area (Å²) in [7, 11) is 0. The van der Waals surface area contributed by atoms with E-state index < -0.39 is 5.97 Å². The van der Waals surface area contributed by atoms with E-state index >= 15 is 0 Å². The Morgan fingerprint density at radius 2 is 2.07 bits per heavy atom. The van der Waals surface area contributed by atoms with Crippen LogP contribution in [0.15, 0.2) is 30.3 Å². The van der Waals surface area contributed by atoms with Crippen molar-refractivity contribution in [1.29, 1.82) is 0 Å². The van der Waals surface area contributed by atoms with Crippen LogP contribution in [0, 0.1) is 5.92 Å². The highest BCUT2D eigenvalue weighted by Gasteiger charge is 2.31. The summed E-state index contributed by atoms with van der Waals surface area (Å²) in [4.78, 5) is 11.1. The van der Waals surface area contributed by atoms with Crippen molar-refractivity contribution in [3.63, 3.8) is 0 Å². The highest BCUT2D eigenvalue weighted by Crippen LogP contribution is 2.29. The summed E-state index contributed by atoms with van der Waals surface area (Å²) >= 11 is 0. The first-order valence-electron chi connectivity index (χ1n) is 5.30. The fraction of sp³-hybridized carbons (Fsp3) is 0.417. The van der Waals surface area contributed by atoms with Gasteiger partial charge in [-0.2, -0.15) is 0 Å². The van der Waals surface area contributed by atoms with Crippen LogP contribution in [0.4, 0.5) is 0 Å². The fourth-order valence-corrected chi connectivity index (χ4v) is 2.17. The molecule has 1 heterocycles. The number of rotatable bonds is 2. The normalized spacial score (nSPS) is 26.1. The van der Waals surface area contributed by atoms with Crippen molar-refractivity contribution in [2.24, 2.45) is 5.92 Å². The highest BCUT2D eigenvalue weighted by atomic mass is 16.4. The van der Waals surface area contributed by atoms with Gasteiger partial charge in [0.2, 0.25) is 0 Å². The number of carboxylic acids is 1. The molecule has 0 aliphatic carbocycles. The molecule has 1 aliphatic heterocycles. The molecule has 3 nitrogen and oxygen atoms in total. The lowest BCUT2D eigenvalue weighted by Crippen LogP contribution is -2.38. The first-order chi connectivity index (χ1) is 7.29. The molecule has 1 fully saturated rings. The molecule has 15 heavy (non-hydrogen) atoms. The van der Waals surface area contributed by atoms with Crippen LogP contribution in [0.1, 0.15) is 24.4 Å². The van der Waals surface area contributed by atoms with Crippen molar-refractivity contribution in [2.45, 2.75) is 18.9 Å². The summed E-state index contributed by atoms with van der Waals surface area (Å²) in [5.41, 5.74) is 1.07. The van der Waals surface area contributed by atoms with Crippen molar-refractivity contribution in [3.05, 3.63) is 35.9 Å². The number of hydrogen-bond acceptors (Lipinski definition) is 2. The van der Waals surface area contributed by atoms with E-state index in [-0.39, 0.29) is 12.0 Å². The second-order valence-corrected chi connectivity index (χ2v) is 3.93. The van der Waals surface area contributed by atoms with Crippen molar-refractivity contribution >= 4 is 5.97 Å². The minimum Gasteiger partial charge on any atom is -0.481 e. The smallest absolute Gasteiger partial charge is 0.308 e. The summed E-state index contributed by atoms with van der Waals surface area (Å²) in [5.74, 6) is -0.989. The molecule has 2 rings (SSSR count). The first-order valence-corrected chi connectivity index (χ1v) is 5.30. The lowest BCUT2D eigenvalue weighted by molar-refractivity contribution is -0.143. The minimum atomic E-state index is -0.698. The van der Waals surface area contributed by atoms with Crippen molar-refractivity contribution in [3.8, 4) is 0 Å². The van der Waals surface area contributed by atoms with Gasteiger partial charge in [0, 0.05) is 6.04 Å². The molecular formula is C12H15NO2. The van der Waals surface area contributed by atoms with E-state index in [0.717, 1.165) is 24.9 Å². The van der Waals surface area contributed by atoms with Crippen molar-refractivity contribution in [1.82, 2.24) is 5.32 Å². The molecule has 0 bridgehead atoms. The Morgan fingerprint density at radius 3 is 2.73 bits per heavy atom. The number of hydrogen-bond donors (Lipinski definition) is 2. The maximum atomic E-state index is 11.1. The van der Waals surface area contributed by atoms with E-state index in [2.05, 4.69) is 5.32 Å². The van der Waals surface area contributed by atoms with Gasteiger partial charge in [0.1, 0.15) is 0 Å². The van der Waals surface area contributed by atoms with Gasteiger partial charge in [-0.15, -0.1) is 0 Å². The predicted molar refractivity (Wildman–Crippen MR) is 57.5 cm³/mol. The minimum absolute atomic E-state index is 0.0301. The van der Waals surface area contributed by atoms with Crippen LogP contribution in [0.3, 0.4) is 0 Å². The molecule has 1 saturated heterocycles. The quantitative estimate of drug-likeness (QED) is 0.774. The molecule has 0 saturated carbocycles. The Labute approximate surface area is 89.1 Å². The van der Waals surface area contributed by atoms with Crippen LogP contribution < -0.4 is 5.32 Å². The van der Waals surface area contributed by atoms with Gasteiger partial charge in [-0.3, -0.25) is 4.79 Å². The molecule has 1 aromatic rings. The second kappa shape index (κ2) is 4.45. The Morgan fingerprint density at radius 1 is 1.33 bits per heavy atom. The van der Waals surface area contributed by atoms with Gasteiger partial charge < -0.3 is 10.4 Å². The maximum absolute atomic E-state index is 11.1. The standard InChI is InChI=1S/C12H15NO2/c14-12(15)10-7-4-8-13-11(10)9-5-2-1-3-6-9/h1-3,5-6,10-11,13H,4,7-8H2,(H,14,15)/t10-,11-/m1/s1. The van der Waals surface area contributed by atoms with E-state index in [4.69, 9.17) is 5.11 Å². The highest BCUT2D eigenvalue weighted by molar-refractivity contribution is 5.71. The molecule has 3 heteroatoms. The first kappa shape index (κ1) is 10.2. The molecule has 2 N–H and O–H groups in total. The molecule has 0 amide bonds. The summed E-state index contributed by atoms with van der Waals surface area (Å²) in [5, 5.41) is 12.4. The zero-order valence-corrected chi connectivity index (χ0v) is 8.52. The largest absolute Gasteiger partial charge is 0.481 e. The summed E-state index contributed by atoms with van der Waals surface area (Å²) < 4.78 is 0. The molecule has 0 unspecified atom stereocenters. The second-order valence-electron chi connectivity index (χ2n) is 3.93. The topological polar surface area (TPSA) is 49.3 Å². The molecule has 1 aromatic carbocycles. The van der Waals surface area contributed by atoms with Crippen LogP contribution in [0.25, 0.3) is 0 Å². The van der Waals surface area contributed by atoms with Gasteiger partial charge in [0.05, 0.1) is 5.92 Å². The van der Waals surface area contributed by atoms with E-state index in [1.807, 2.05) is 30.3 Å². The number of carboxylic acid groups (broad SMARTS) is 1. The van der Waals surface area contributed by atoms with Crippen LogP contribution in [0.2, 0.25) is 0 Å². The van der Waals surface area contributed by atoms with Gasteiger partial charge in [0.25, 0.3) is 0 Å². The third-order valence-electron chi connectivity index (χ3n) is 2.93.